The first-order valence-electron chi connectivity index (χ1n) is 7.54. The Morgan fingerprint density at radius 3 is 2.29 bits per heavy atom. The van der Waals surface area contributed by atoms with Gasteiger partial charge in [0.25, 0.3) is 5.91 Å². The van der Waals surface area contributed by atoms with Crippen molar-refractivity contribution in [2.24, 2.45) is 0 Å². The van der Waals surface area contributed by atoms with E-state index in [1.807, 2.05) is 36.4 Å². The third-order valence-electron chi connectivity index (χ3n) is 3.34. The highest BCUT2D eigenvalue weighted by Gasteiger charge is 2.05. The van der Waals surface area contributed by atoms with Crippen molar-refractivity contribution in [1.82, 2.24) is 5.32 Å². The van der Waals surface area contributed by atoms with Crippen LogP contribution in [0.5, 0.6) is 5.75 Å². The first-order chi connectivity index (χ1) is 11.6. The van der Waals surface area contributed by atoms with Gasteiger partial charge in [0.1, 0.15) is 5.75 Å². The zero-order chi connectivity index (χ0) is 17.4. The van der Waals surface area contributed by atoms with Crippen molar-refractivity contribution in [1.29, 1.82) is 0 Å². The number of ether oxygens (including phenoxy) is 1. The number of aryl methyl sites for hydroxylation is 1. The minimum Gasteiger partial charge on any atom is -0.484 e. The number of nitrogens with one attached hydrogen (secondary N) is 2. The summed E-state index contributed by atoms with van der Waals surface area (Å²) in [7, 11) is 1.62. The second-order valence-corrected chi connectivity index (χ2v) is 6.08. The van der Waals surface area contributed by atoms with Crippen molar-refractivity contribution in [3.8, 4) is 5.75 Å². The van der Waals surface area contributed by atoms with Crippen LogP contribution in [0.4, 0.5) is 5.69 Å². The third kappa shape index (κ3) is 6.04. The van der Waals surface area contributed by atoms with E-state index in [9.17, 15) is 9.59 Å². The largest absolute Gasteiger partial charge is 0.484 e. The number of hydrogen-bond donors (Lipinski definition) is 2. The Bertz CT molecular complexity index is 684. The first kappa shape index (κ1) is 18.0. The predicted molar refractivity (Wildman–Crippen MR) is 97.1 cm³/mol. The molecule has 0 unspecified atom stereocenters. The molecular weight excluding hydrogens is 372 g/mol. The van der Waals surface area contributed by atoms with E-state index in [2.05, 4.69) is 26.6 Å². The van der Waals surface area contributed by atoms with Crippen LogP contribution in [0.1, 0.15) is 12.0 Å². The van der Waals surface area contributed by atoms with Crippen LogP contribution in [0.2, 0.25) is 0 Å². The van der Waals surface area contributed by atoms with Crippen LogP contribution in [-0.4, -0.2) is 25.5 Å². The number of benzene rings is 2. The van der Waals surface area contributed by atoms with Crippen LogP contribution < -0.4 is 15.4 Å². The lowest BCUT2D eigenvalue weighted by Crippen LogP contribution is -2.20. The van der Waals surface area contributed by atoms with Gasteiger partial charge in [-0.05, 0) is 48.4 Å². The zero-order valence-electron chi connectivity index (χ0n) is 13.3. The average Bonchev–Trinajstić information content (AvgIpc) is 2.60. The van der Waals surface area contributed by atoms with Crippen LogP contribution in [0, 0.1) is 0 Å². The molecule has 0 saturated heterocycles. The fourth-order valence-electron chi connectivity index (χ4n) is 2.01. The van der Waals surface area contributed by atoms with Gasteiger partial charge < -0.3 is 15.4 Å². The van der Waals surface area contributed by atoms with Crippen LogP contribution in [0.3, 0.4) is 0 Å². The molecule has 2 aromatic rings. The molecule has 6 heteroatoms. The van der Waals surface area contributed by atoms with Crippen molar-refractivity contribution in [3.63, 3.8) is 0 Å². The number of carbonyl (C=O) groups excluding carboxylic acids is 2. The average molecular weight is 391 g/mol. The summed E-state index contributed by atoms with van der Waals surface area (Å²) in [5.41, 5.74) is 1.74. The molecule has 2 N–H and O–H groups in total. The van der Waals surface area contributed by atoms with E-state index in [4.69, 9.17) is 4.74 Å². The van der Waals surface area contributed by atoms with Gasteiger partial charge in [0.15, 0.2) is 6.61 Å². The second kappa shape index (κ2) is 9.08. The lowest BCUT2D eigenvalue weighted by Gasteiger charge is -2.08. The van der Waals surface area contributed by atoms with Crippen LogP contribution in [-0.2, 0) is 16.0 Å². The maximum Gasteiger partial charge on any atom is 0.262 e. The molecule has 2 rings (SSSR count). The zero-order valence-corrected chi connectivity index (χ0v) is 14.9. The van der Waals surface area contributed by atoms with E-state index in [-0.39, 0.29) is 18.4 Å². The Morgan fingerprint density at radius 1 is 1.00 bits per heavy atom. The molecule has 0 heterocycles. The Balaban J connectivity index is 1.79. The van der Waals surface area contributed by atoms with E-state index in [0.29, 0.717) is 24.3 Å². The number of halogens is 1. The summed E-state index contributed by atoms with van der Waals surface area (Å²) in [6.07, 6.45) is 1.11. The summed E-state index contributed by atoms with van der Waals surface area (Å²) in [4.78, 5) is 23.1. The van der Waals surface area contributed by atoms with Gasteiger partial charge in [0.2, 0.25) is 5.91 Å². The van der Waals surface area contributed by atoms with Gasteiger partial charge >= 0.3 is 0 Å². The van der Waals surface area contributed by atoms with Crippen molar-refractivity contribution < 1.29 is 14.3 Å². The van der Waals surface area contributed by atoms with Crippen LogP contribution >= 0.6 is 15.9 Å². The number of carbonyl (C=O) groups is 2. The van der Waals surface area contributed by atoms with Gasteiger partial charge in [-0.3, -0.25) is 9.59 Å². The molecule has 126 valence electrons. The molecule has 0 aromatic heterocycles. The molecule has 24 heavy (non-hydrogen) atoms. The van der Waals surface area contributed by atoms with Crippen molar-refractivity contribution in [3.05, 3.63) is 58.6 Å². The molecule has 0 aliphatic heterocycles. The second-order valence-electron chi connectivity index (χ2n) is 5.16. The molecule has 0 saturated carbocycles. The number of amides is 2. The maximum absolute atomic E-state index is 11.9. The molecule has 0 bridgehead atoms. The molecular formula is C18H19BrN2O3. The minimum atomic E-state index is -0.226. The maximum atomic E-state index is 11.9. The number of anilines is 1. The molecule has 0 aliphatic rings. The quantitative estimate of drug-likeness (QED) is 0.762. The molecule has 0 radical (unpaired) electrons. The highest BCUT2D eigenvalue weighted by molar-refractivity contribution is 9.10. The predicted octanol–water partition coefficient (Wildman–Crippen LogP) is 3.15. The van der Waals surface area contributed by atoms with E-state index < -0.39 is 0 Å². The molecule has 0 fully saturated rings. The van der Waals surface area contributed by atoms with Crippen molar-refractivity contribution in [2.45, 2.75) is 12.8 Å². The van der Waals surface area contributed by atoms with Gasteiger partial charge in [0.05, 0.1) is 0 Å². The van der Waals surface area contributed by atoms with Gasteiger partial charge in [-0.2, -0.15) is 0 Å². The highest BCUT2D eigenvalue weighted by atomic mass is 79.9. The number of rotatable bonds is 7. The van der Waals surface area contributed by atoms with Crippen LogP contribution in [0.25, 0.3) is 0 Å². The lowest BCUT2D eigenvalue weighted by atomic mass is 10.1. The standard InChI is InChI=1S/C18H19BrN2O3/c1-20-17(22)11-4-13-2-7-15(8-3-13)21-18(23)12-24-16-9-5-14(19)6-10-16/h2-3,5-10H,4,11-12H2,1H3,(H,20,22)(H,21,23). The lowest BCUT2D eigenvalue weighted by molar-refractivity contribution is -0.120. The van der Waals surface area contributed by atoms with E-state index in [0.717, 1.165) is 10.0 Å². The topological polar surface area (TPSA) is 67.4 Å². The Hall–Kier alpha value is -2.34. The molecule has 0 aliphatic carbocycles. The van der Waals surface area contributed by atoms with Gasteiger partial charge in [-0.1, -0.05) is 28.1 Å². The van der Waals surface area contributed by atoms with Gasteiger partial charge in [0, 0.05) is 23.6 Å². The molecule has 0 atom stereocenters. The Kier molecular flexibility index (Phi) is 6.81. The van der Waals surface area contributed by atoms with E-state index in [1.165, 1.54) is 0 Å². The summed E-state index contributed by atoms with van der Waals surface area (Å²) >= 11 is 3.34. The summed E-state index contributed by atoms with van der Waals surface area (Å²) in [5, 5.41) is 5.37. The minimum absolute atomic E-state index is 0.0115. The fraction of sp³-hybridized carbons (Fsp3) is 0.222. The molecule has 5 nitrogen and oxygen atoms in total. The summed E-state index contributed by atoms with van der Waals surface area (Å²) < 4.78 is 6.37. The number of hydrogen-bond acceptors (Lipinski definition) is 3. The van der Waals surface area contributed by atoms with E-state index >= 15 is 0 Å². The SMILES string of the molecule is CNC(=O)CCc1ccc(NC(=O)COc2ccc(Br)cc2)cc1. The summed E-state index contributed by atoms with van der Waals surface area (Å²) in [6.45, 7) is -0.0555. The van der Waals surface area contributed by atoms with Gasteiger partial charge in [-0.25, -0.2) is 0 Å². The normalized spacial score (nSPS) is 10.1. The van der Waals surface area contributed by atoms with E-state index in [1.54, 1.807) is 19.2 Å². The molecule has 0 spiro atoms. The van der Waals surface area contributed by atoms with Gasteiger partial charge in [-0.15, -0.1) is 0 Å². The Morgan fingerprint density at radius 2 is 1.67 bits per heavy atom. The summed E-state index contributed by atoms with van der Waals surface area (Å²) in [5.74, 6) is 0.423. The smallest absolute Gasteiger partial charge is 0.262 e. The monoisotopic (exact) mass is 390 g/mol. The van der Waals surface area contributed by atoms with Crippen molar-refractivity contribution in [2.75, 3.05) is 19.0 Å². The summed E-state index contributed by atoms with van der Waals surface area (Å²) in [6, 6.07) is 14.7. The van der Waals surface area contributed by atoms with Crippen molar-refractivity contribution >= 4 is 33.4 Å². The highest BCUT2D eigenvalue weighted by Crippen LogP contribution is 2.16. The third-order valence-corrected chi connectivity index (χ3v) is 3.87. The van der Waals surface area contributed by atoms with Crippen LogP contribution in [0.15, 0.2) is 53.0 Å². The molecule has 2 amide bonds. The first-order valence-corrected chi connectivity index (χ1v) is 8.34. The Labute approximate surface area is 149 Å². The fourth-order valence-corrected chi connectivity index (χ4v) is 2.28. The molecule has 2 aromatic carbocycles.